The van der Waals surface area contributed by atoms with E-state index in [-0.39, 0.29) is 0 Å². The predicted octanol–water partition coefficient (Wildman–Crippen LogP) is 9.46. The van der Waals surface area contributed by atoms with Crippen molar-refractivity contribution in [2.75, 3.05) is 11.5 Å². The summed E-state index contributed by atoms with van der Waals surface area (Å²) in [6, 6.07) is 42.0. The Bertz CT molecular complexity index is 1300. The molecule has 178 valence electrons. The Kier molecular flexibility index (Phi) is 8.18. The first-order chi connectivity index (χ1) is 17.6. The monoisotopic (exact) mass is 540 g/mol. The van der Waals surface area contributed by atoms with Gasteiger partial charge in [0.2, 0.25) is 0 Å². The van der Waals surface area contributed by atoms with Gasteiger partial charge in [-0.2, -0.15) is 0 Å². The smallest absolute Gasteiger partial charge is 0.0314 e. The highest BCUT2D eigenvalue weighted by Gasteiger charge is 2.08. The molecule has 6 heteroatoms. The maximum absolute atomic E-state index is 5.79. The molecule has 0 heterocycles. The molecule has 0 aliphatic rings. The number of hydrogen-bond donors (Lipinski definition) is 2. The maximum Gasteiger partial charge on any atom is 0.0314 e. The number of benzene rings is 5. The molecule has 0 aliphatic carbocycles. The average molecular weight is 541 g/mol. The van der Waals surface area contributed by atoms with Crippen LogP contribution in [0.4, 0.5) is 11.4 Å². The van der Waals surface area contributed by atoms with Crippen molar-refractivity contribution in [3.05, 3.63) is 121 Å². The van der Waals surface area contributed by atoms with Gasteiger partial charge in [0.25, 0.3) is 0 Å². The standard InChI is InChI=1S/C30H24N2S4/c31-21-5-9-23(10-6-21)33-25-13-17-27(18-14-25)35-29-3-1-2-4-30(29)36-28-19-15-26(16-20-28)34-24-11-7-22(32)8-12-24/h1-20H,31-32H2. The van der Waals surface area contributed by atoms with Gasteiger partial charge in [-0.1, -0.05) is 59.2 Å². The Morgan fingerprint density at radius 1 is 0.306 bits per heavy atom. The van der Waals surface area contributed by atoms with Crippen molar-refractivity contribution in [3.63, 3.8) is 0 Å². The molecule has 0 fully saturated rings. The first-order valence-electron chi connectivity index (χ1n) is 11.3. The minimum absolute atomic E-state index is 0.788. The number of hydrogen-bond acceptors (Lipinski definition) is 6. The zero-order valence-corrected chi connectivity index (χ0v) is 22.6. The van der Waals surface area contributed by atoms with Crippen LogP contribution in [0.3, 0.4) is 0 Å². The minimum atomic E-state index is 0.788. The second-order valence-corrected chi connectivity index (χ2v) is 12.5. The van der Waals surface area contributed by atoms with Gasteiger partial charge in [0, 0.05) is 50.5 Å². The van der Waals surface area contributed by atoms with E-state index in [2.05, 4.69) is 97.1 Å². The second-order valence-electron chi connectivity index (χ2n) is 7.94. The average Bonchev–Trinajstić information content (AvgIpc) is 2.90. The summed E-state index contributed by atoms with van der Waals surface area (Å²) in [5.41, 5.74) is 13.2. The molecule has 0 saturated carbocycles. The molecule has 4 N–H and O–H groups in total. The van der Waals surface area contributed by atoms with Gasteiger partial charge in [-0.25, -0.2) is 0 Å². The first-order valence-corrected chi connectivity index (χ1v) is 14.6. The number of nitrogens with two attached hydrogens (primary N) is 2. The summed E-state index contributed by atoms with van der Waals surface area (Å²) < 4.78 is 0. The number of anilines is 2. The fraction of sp³-hybridized carbons (Fsp3) is 0. The predicted molar refractivity (Wildman–Crippen MR) is 158 cm³/mol. The van der Waals surface area contributed by atoms with Crippen LogP contribution in [-0.4, -0.2) is 0 Å². The summed E-state index contributed by atoms with van der Waals surface area (Å²) in [5.74, 6) is 0. The van der Waals surface area contributed by atoms with Gasteiger partial charge in [-0.3, -0.25) is 0 Å². The highest BCUT2D eigenvalue weighted by atomic mass is 32.2. The van der Waals surface area contributed by atoms with Crippen molar-refractivity contribution in [2.45, 2.75) is 39.2 Å². The van der Waals surface area contributed by atoms with E-state index in [0.29, 0.717) is 0 Å². The Morgan fingerprint density at radius 3 is 0.861 bits per heavy atom. The maximum atomic E-state index is 5.79. The molecule has 0 aromatic heterocycles. The topological polar surface area (TPSA) is 52.0 Å². The second kappa shape index (κ2) is 11.9. The highest BCUT2D eigenvalue weighted by molar-refractivity contribution is 8.02. The molecule has 0 unspecified atom stereocenters. The molecule has 0 radical (unpaired) electrons. The van der Waals surface area contributed by atoms with E-state index in [1.807, 2.05) is 24.3 Å². The molecule has 5 rings (SSSR count). The third-order valence-electron chi connectivity index (χ3n) is 5.18. The van der Waals surface area contributed by atoms with Crippen LogP contribution in [-0.2, 0) is 0 Å². The molecular formula is C30H24N2S4. The van der Waals surface area contributed by atoms with Crippen molar-refractivity contribution in [3.8, 4) is 0 Å². The Balaban J connectivity index is 1.23. The van der Waals surface area contributed by atoms with Crippen molar-refractivity contribution < 1.29 is 0 Å². The van der Waals surface area contributed by atoms with Crippen molar-refractivity contribution in [1.29, 1.82) is 0 Å². The summed E-state index contributed by atoms with van der Waals surface area (Å²) >= 11 is 7.08. The van der Waals surface area contributed by atoms with Crippen molar-refractivity contribution in [1.82, 2.24) is 0 Å². The van der Waals surface area contributed by atoms with E-state index in [4.69, 9.17) is 11.5 Å². The van der Waals surface area contributed by atoms with Crippen LogP contribution in [0.15, 0.2) is 160 Å². The zero-order chi connectivity index (χ0) is 24.7. The molecule has 0 amide bonds. The third-order valence-corrected chi connectivity index (χ3v) is 9.51. The molecule has 0 spiro atoms. The number of nitrogen functional groups attached to an aromatic ring is 2. The minimum Gasteiger partial charge on any atom is -0.399 e. The van der Waals surface area contributed by atoms with Crippen LogP contribution < -0.4 is 11.5 Å². The lowest BCUT2D eigenvalue weighted by Crippen LogP contribution is -1.83. The van der Waals surface area contributed by atoms with Crippen molar-refractivity contribution >= 4 is 58.4 Å². The van der Waals surface area contributed by atoms with Crippen LogP contribution in [0.1, 0.15) is 0 Å². The largest absolute Gasteiger partial charge is 0.399 e. The van der Waals surface area contributed by atoms with E-state index in [1.165, 1.54) is 39.2 Å². The van der Waals surface area contributed by atoms with Gasteiger partial charge in [0.1, 0.15) is 0 Å². The Labute approximate surface area is 229 Å². The summed E-state index contributed by atoms with van der Waals surface area (Å²) in [5, 5.41) is 0. The molecule has 0 aliphatic heterocycles. The normalized spacial score (nSPS) is 10.9. The molecule has 36 heavy (non-hydrogen) atoms. The van der Waals surface area contributed by atoms with E-state index in [9.17, 15) is 0 Å². The SMILES string of the molecule is Nc1ccc(Sc2ccc(Sc3ccccc3Sc3ccc(Sc4ccc(N)cc4)cc3)cc2)cc1. The van der Waals surface area contributed by atoms with E-state index in [1.54, 1.807) is 47.0 Å². The van der Waals surface area contributed by atoms with E-state index < -0.39 is 0 Å². The summed E-state index contributed by atoms with van der Waals surface area (Å²) in [4.78, 5) is 9.74. The third kappa shape index (κ3) is 6.86. The lowest BCUT2D eigenvalue weighted by atomic mass is 10.3. The summed E-state index contributed by atoms with van der Waals surface area (Å²) in [6.07, 6.45) is 0. The summed E-state index contributed by atoms with van der Waals surface area (Å²) in [6.45, 7) is 0. The molecule has 5 aromatic carbocycles. The lowest BCUT2D eigenvalue weighted by molar-refractivity contribution is 1.23. The Morgan fingerprint density at radius 2 is 0.556 bits per heavy atom. The quantitative estimate of drug-likeness (QED) is 0.191. The fourth-order valence-corrected chi connectivity index (χ4v) is 6.93. The summed E-state index contributed by atoms with van der Waals surface area (Å²) in [7, 11) is 0. The molecular weight excluding hydrogens is 517 g/mol. The van der Waals surface area contributed by atoms with Crippen LogP contribution in [0, 0.1) is 0 Å². The van der Waals surface area contributed by atoms with Crippen LogP contribution in [0.2, 0.25) is 0 Å². The number of rotatable bonds is 8. The lowest BCUT2D eigenvalue weighted by Gasteiger charge is -2.10. The van der Waals surface area contributed by atoms with E-state index in [0.717, 1.165) is 11.4 Å². The zero-order valence-electron chi connectivity index (χ0n) is 19.3. The van der Waals surface area contributed by atoms with Crippen LogP contribution in [0.5, 0.6) is 0 Å². The van der Waals surface area contributed by atoms with Gasteiger partial charge >= 0.3 is 0 Å². The molecule has 0 atom stereocenters. The van der Waals surface area contributed by atoms with Crippen LogP contribution in [0.25, 0.3) is 0 Å². The van der Waals surface area contributed by atoms with Gasteiger partial charge in [0.05, 0.1) is 0 Å². The van der Waals surface area contributed by atoms with Crippen molar-refractivity contribution in [2.24, 2.45) is 0 Å². The molecule has 0 saturated heterocycles. The molecule has 5 aromatic rings. The fourth-order valence-electron chi connectivity index (χ4n) is 3.37. The van der Waals surface area contributed by atoms with Gasteiger partial charge in [0.15, 0.2) is 0 Å². The van der Waals surface area contributed by atoms with Crippen LogP contribution >= 0.6 is 47.0 Å². The molecule has 2 nitrogen and oxygen atoms in total. The highest BCUT2D eigenvalue weighted by Crippen LogP contribution is 2.40. The first kappa shape index (κ1) is 24.8. The van der Waals surface area contributed by atoms with Gasteiger partial charge in [-0.15, -0.1) is 0 Å². The van der Waals surface area contributed by atoms with E-state index >= 15 is 0 Å². The molecule has 0 bridgehead atoms. The van der Waals surface area contributed by atoms with Gasteiger partial charge in [-0.05, 0) is 109 Å². The Hall–Kier alpha value is -2.90. The van der Waals surface area contributed by atoms with Gasteiger partial charge < -0.3 is 11.5 Å².